The van der Waals surface area contributed by atoms with E-state index >= 15 is 0 Å². The zero-order valence-corrected chi connectivity index (χ0v) is 12.2. The summed E-state index contributed by atoms with van der Waals surface area (Å²) >= 11 is 0. The van der Waals surface area contributed by atoms with E-state index in [2.05, 4.69) is 21.8 Å². The molecular weight excluding hydrogens is 256 g/mol. The number of nitrogens with zero attached hydrogens (tertiary/aromatic N) is 4. The number of amides is 1. The van der Waals surface area contributed by atoms with Gasteiger partial charge in [0.2, 0.25) is 5.95 Å². The summed E-state index contributed by atoms with van der Waals surface area (Å²) in [4.78, 5) is 24.5. The molecule has 6 nitrogen and oxygen atoms in total. The summed E-state index contributed by atoms with van der Waals surface area (Å²) in [6, 6.07) is 0. The summed E-state index contributed by atoms with van der Waals surface area (Å²) in [5, 5.41) is 0. The third-order valence-electron chi connectivity index (χ3n) is 3.37. The van der Waals surface area contributed by atoms with Crippen LogP contribution in [0.1, 0.15) is 30.1 Å². The highest BCUT2D eigenvalue weighted by Gasteiger charge is 2.16. The summed E-state index contributed by atoms with van der Waals surface area (Å²) in [6.07, 6.45) is 5.31. The number of unbranched alkanes of at least 4 members (excludes halogenated alkanes) is 1. The molecule has 1 saturated heterocycles. The van der Waals surface area contributed by atoms with Crippen LogP contribution in [0.4, 0.5) is 5.95 Å². The van der Waals surface area contributed by atoms with Gasteiger partial charge in [-0.3, -0.25) is 4.79 Å². The number of morpholine rings is 1. The van der Waals surface area contributed by atoms with Gasteiger partial charge in [-0.05, 0) is 6.42 Å². The summed E-state index contributed by atoms with van der Waals surface area (Å²) in [6.45, 7) is 5.86. The number of hydrogen-bond donors (Lipinski definition) is 0. The molecule has 1 amide bonds. The Morgan fingerprint density at radius 3 is 2.60 bits per heavy atom. The molecule has 1 fully saturated rings. The maximum absolute atomic E-state index is 12.2. The van der Waals surface area contributed by atoms with Gasteiger partial charge in [0.1, 0.15) is 0 Å². The topological polar surface area (TPSA) is 58.6 Å². The van der Waals surface area contributed by atoms with E-state index in [9.17, 15) is 4.79 Å². The maximum atomic E-state index is 12.2. The van der Waals surface area contributed by atoms with E-state index < -0.39 is 0 Å². The van der Waals surface area contributed by atoms with Crippen LogP contribution in [0.5, 0.6) is 0 Å². The van der Waals surface area contributed by atoms with Gasteiger partial charge in [-0.25, -0.2) is 9.97 Å². The van der Waals surface area contributed by atoms with Crippen LogP contribution in [-0.4, -0.2) is 60.7 Å². The molecule has 0 atom stereocenters. The van der Waals surface area contributed by atoms with Gasteiger partial charge < -0.3 is 14.5 Å². The Hall–Kier alpha value is -1.69. The summed E-state index contributed by atoms with van der Waals surface area (Å²) in [7, 11) is 1.81. The number of carbonyl (C=O) groups is 1. The fourth-order valence-corrected chi connectivity index (χ4v) is 2.08. The maximum Gasteiger partial charge on any atom is 0.256 e. The van der Waals surface area contributed by atoms with Crippen molar-refractivity contribution in [2.75, 3.05) is 44.8 Å². The van der Waals surface area contributed by atoms with Crippen molar-refractivity contribution in [2.24, 2.45) is 0 Å². The van der Waals surface area contributed by atoms with Gasteiger partial charge in [0.15, 0.2) is 0 Å². The molecule has 0 spiro atoms. The number of carbonyl (C=O) groups excluding carboxylic acids is 1. The van der Waals surface area contributed by atoms with Crippen LogP contribution in [-0.2, 0) is 4.74 Å². The quantitative estimate of drug-likeness (QED) is 0.809. The third-order valence-corrected chi connectivity index (χ3v) is 3.37. The second-order valence-electron chi connectivity index (χ2n) is 4.95. The van der Waals surface area contributed by atoms with Crippen LogP contribution in [0.15, 0.2) is 12.4 Å². The number of rotatable bonds is 5. The molecule has 0 radical (unpaired) electrons. The first-order chi connectivity index (χ1) is 9.72. The van der Waals surface area contributed by atoms with Crippen LogP contribution < -0.4 is 4.90 Å². The highest BCUT2D eigenvalue weighted by Crippen LogP contribution is 2.10. The van der Waals surface area contributed by atoms with E-state index in [1.807, 2.05) is 7.05 Å². The molecule has 110 valence electrons. The van der Waals surface area contributed by atoms with Crippen LogP contribution in [0.3, 0.4) is 0 Å². The lowest BCUT2D eigenvalue weighted by atomic mass is 10.2. The van der Waals surface area contributed by atoms with Crippen molar-refractivity contribution in [3.05, 3.63) is 18.0 Å². The Morgan fingerprint density at radius 1 is 1.35 bits per heavy atom. The molecule has 0 N–H and O–H groups in total. The predicted octanol–water partition coefficient (Wildman–Crippen LogP) is 1.19. The van der Waals surface area contributed by atoms with Crippen molar-refractivity contribution in [1.29, 1.82) is 0 Å². The zero-order valence-electron chi connectivity index (χ0n) is 12.2. The third kappa shape index (κ3) is 3.66. The summed E-state index contributed by atoms with van der Waals surface area (Å²) < 4.78 is 5.29. The van der Waals surface area contributed by atoms with Gasteiger partial charge in [0.25, 0.3) is 5.91 Å². The Bertz CT molecular complexity index is 429. The largest absolute Gasteiger partial charge is 0.378 e. The first-order valence-electron chi connectivity index (χ1n) is 7.12. The van der Waals surface area contributed by atoms with E-state index in [0.29, 0.717) is 24.7 Å². The minimum Gasteiger partial charge on any atom is -0.378 e. The average molecular weight is 278 g/mol. The molecule has 1 aliphatic rings. The van der Waals surface area contributed by atoms with Gasteiger partial charge in [0, 0.05) is 39.1 Å². The highest BCUT2D eigenvalue weighted by molar-refractivity contribution is 5.93. The molecule has 1 aliphatic heterocycles. The lowest BCUT2D eigenvalue weighted by Crippen LogP contribution is -2.37. The molecule has 2 heterocycles. The number of aromatic nitrogens is 2. The minimum atomic E-state index is -0.0213. The molecule has 0 saturated carbocycles. The number of ether oxygens (including phenoxy) is 1. The van der Waals surface area contributed by atoms with Gasteiger partial charge in [0.05, 0.1) is 18.8 Å². The molecular formula is C14H22N4O2. The van der Waals surface area contributed by atoms with E-state index in [-0.39, 0.29) is 5.91 Å². The number of anilines is 1. The van der Waals surface area contributed by atoms with Crippen molar-refractivity contribution in [3.63, 3.8) is 0 Å². The fraction of sp³-hybridized carbons (Fsp3) is 0.643. The first-order valence-corrected chi connectivity index (χ1v) is 7.12. The second kappa shape index (κ2) is 7.19. The van der Waals surface area contributed by atoms with Crippen molar-refractivity contribution >= 4 is 11.9 Å². The molecule has 2 rings (SSSR count). The zero-order chi connectivity index (χ0) is 14.4. The Balaban J connectivity index is 1.98. The minimum absolute atomic E-state index is 0.0213. The van der Waals surface area contributed by atoms with Gasteiger partial charge in [-0.1, -0.05) is 13.3 Å². The first kappa shape index (κ1) is 14.7. The Morgan fingerprint density at radius 2 is 2.00 bits per heavy atom. The summed E-state index contributed by atoms with van der Waals surface area (Å²) in [5.41, 5.74) is 0.542. The van der Waals surface area contributed by atoms with Crippen molar-refractivity contribution < 1.29 is 9.53 Å². The lowest BCUT2D eigenvalue weighted by Gasteiger charge is -2.26. The van der Waals surface area contributed by atoms with Crippen LogP contribution in [0.25, 0.3) is 0 Å². The molecule has 1 aromatic rings. The van der Waals surface area contributed by atoms with Crippen LogP contribution in [0, 0.1) is 0 Å². The van der Waals surface area contributed by atoms with Gasteiger partial charge in [-0.15, -0.1) is 0 Å². The van der Waals surface area contributed by atoms with E-state index in [0.717, 1.165) is 32.5 Å². The molecule has 0 aliphatic carbocycles. The molecule has 0 bridgehead atoms. The van der Waals surface area contributed by atoms with E-state index in [1.165, 1.54) is 0 Å². The molecule has 1 aromatic heterocycles. The fourth-order valence-electron chi connectivity index (χ4n) is 2.08. The highest BCUT2D eigenvalue weighted by atomic mass is 16.5. The molecule has 20 heavy (non-hydrogen) atoms. The predicted molar refractivity (Wildman–Crippen MR) is 76.9 cm³/mol. The smallest absolute Gasteiger partial charge is 0.256 e. The van der Waals surface area contributed by atoms with Crippen molar-refractivity contribution in [2.45, 2.75) is 19.8 Å². The van der Waals surface area contributed by atoms with E-state index in [1.54, 1.807) is 17.3 Å². The standard InChI is InChI=1S/C14H22N4O2/c1-3-4-5-17(2)13(19)12-10-15-14(16-11-12)18-6-8-20-9-7-18/h10-11H,3-9H2,1-2H3. The van der Waals surface area contributed by atoms with Crippen molar-refractivity contribution in [1.82, 2.24) is 14.9 Å². The lowest BCUT2D eigenvalue weighted by molar-refractivity contribution is 0.0792. The Kier molecular flexibility index (Phi) is 5.29. The SMILES string of the molecule is CCCCN(C)C(=O)c1cnc(N2CCOCC2)nc1. The Labute approximate surface area is 119 Å². The summed E-state index contributed by atoms with van der Waals surface area (Å²) in [5.74, 6) is 0.646. The second-order valence-corrected chi connectivity index (χ2v) is 4.95. The monoisotopic (exact) mass is 278 g/mol. The number of hydrogen-bond acceptors (Lipinski definition) is 5. The molecule has 0 aromatic carbocycles. The van der Waals surface area contributed by atoms with Gasteiger partial charge in [-0.2, -0.15) is 0 Å². The van der Waals surface area contributed by atoms with Crippen molar-refractivity contribution in [3.8, 4) is 0 Å². The van der Waals surface area contributed by atoms with Crippen LogP contribution >= 0.6 is 0 Å². The normalized spacial score (nSPS) is 15.2. The molecule has 0 unspecified atom stereocenters. The molecule has 6 heteroatoms. The average Bonchev–Trinajstić information content (AvgIpc) is 2.53. The van der Waals surface area contributed by atoms with E-state index in [4.69, 9.17) is 4.74 Å². The van der Waals surface area contributed by atoms with Crippen LogP contribution in [0.2, 0.25) is 0 Å². The van der Waals surface area contributed by atoms with Gasteiger partial charge >= 0.3 is 0 Å².